The van der Waals surface area contributed by atoms with Crippen molar-refractivity contribution < 1.29 is 14.0 Å². The summed E-state index contributed by atoms with van der Waals surface area (Å²) in [5.74, 6) is -0.476. The van der Waals surface area contributed by atoms with Crippen LogP contribution in [-0.4, -0.2) is 53.8 Å². The molecule has 2 rings (SSSR count). The van der Waals surface area contributed by atoms with E-state index in [0.717, 1.165) is 25.5 Å². The highest BCUT2D eigenvalue weighted by Gasteiger charge is 2.26. The molecule has 2 amide bonds. The van der Waals surface area contributed by atoms with Gasteiger partial charge in [0.25, 0.3) is 5.91 Å². The summed E-state index contributed by atoms with van der Waals surface area (Å²) < 4.78 is 13.7. The lowest BCUT2D eigenvalue weighted by atomic mass is 9.92. The lowest BCUT2D eigenvalue weighted by molar-refractivity contribution is -0.129. The molecule has 1 aromatic rings. The highest BCUT2D eigenvalue weighted by molar-refractivity contribution is 5.94. The first kappa shape index (κ1) is 16.4. The Hall–Kier alpha value is -1.98. The summed E-state index contributed by atoms with van der Waals surface area (Å²) in [4.78, 5) is 31.0. The number of pyridine rings is 1. The number of carbonyl (C=O) groups is 2. The van der Waals surface area contributed by atoms with Crippen LogP contribution in [-0.2, 0) is 4.79 Å². The van der Waals surface area contributed by atoms with E-state index in [1.54, 1.807) is 23.9 Å². The van der Waals surface area contributed by atoms with Crippen molar-refractivity contribution in [3.63, 3.8) is 0 Å². The van der Waals surface area contributed by atoms with Gasteiger partial charge in [0.1, 0.15) is 0 Å². The first-order valence-electron chi connectivity index (χ1n) is 7.58. The van der Waals surface area contributed by atoms with Crippen LogP contribution in [0.15, 0.2) is 18.5 Å². The molecule has 0 aromatic carbocycles. The number of hydrogen-bond donors (Lipinski definition) is 0. The maximum Gasteiger partial charge on any atom is 0.256 e. The third-order valence-electron chi connectivity index (χ3n) is 4.07. The summed E-state index contributed by atoms with van der Waals surface area (Å²) in [6, 6.07) is 1.41. The maximum atomic E-state index is 13.7. The van der Waals surface area contributed by atoms with E-state index in [1.165, 1.54) is 12.3 Å². The maximum absolute atomic E-state index is 13.7. The van der Waals surface area contributed by atoms with E-state index in [2.05, 4.69) is 4.98 Å². The van der Waals surface area contributed by atoms with Gasteiger partial charge in [-0.15, -0.1) is 0 Å². The van der Waals surface area contributed by atoms with Gasteiger partial charge in [-0.1, -0.05) is 0 Å². The van der Waals surface area contributed by atoms with Crippen molar-refractivity contribution in [1.82, 2.24) is 14.8 Å². The van der Waals surface area contributed by atoms with Crippen LogP contribution >= 0.6 is 0 Å². The molecular weight excluding hydrogens is 285 g/mol. The number of rotatable bonds is 4. The lowest BCUT2D eigenvalue weighted by Crippen LogP contribution is -2.40. The molecule has 1 atom stereocenters. The Bertz CT molecular complexity index is 548. The fourth-order valence-electron chi connectivity index (χ4n) is 2.76. The van der Waals surface area contributed by atoms with E-state index >= 15 is 0 Å². The minimum absolute atomic E-state index is 0.0695. The third-order valence-corrected chi connectivity index (χ3v) is 4.07. The highest BCUT2D eigenvalue weighted by atomic mass is 19.1. The summed E-state index contributed by atoms with van der Waals surface area (Å²) in [5, 5.41) is 0. The lowest BCUT2D eigenvalue weighted by Gasteiger charge is -2.33. The highest BCUT2D eigenvalue weighted by Crippen LogP contribution is 2.23. The Kier molecular flexibility index (Phi) is 5.46. The molecule has 5 nitrogen and oxygen atoms in total. The Morgan fingerprint density at radius 3 is 2.91 bits per heavy atom. The third kappa shape index (κ3) is 4.02. The minimum Gasteiger partial charge on any atom is -0.349 e. The number of halogens is 1. The molecular formula is C16H22FN3O2. The van der Waals surface area contributed by atoms with Gasteiger partial charge in [-0.2, -0.15) is 0 Å². The number of aromatic nitrogens is 1. The Labute approximate surface area is 130 Å². The SMILES string of the molecule is CN(C)C(=O)CCC1CCCN(C(=O)c2ccncc2F)C1. The number of likely N-dealkylation sites (tertiary alicyclic amines) is 1. The van der Waals surface area contributed by atoms with Crippen molar-refractivity contribution in [3.05, 3.63) is 29.8 Å². The standard InChI is InChI=1S/C16H22FN3O2/c1-19(2)15(21)6-5-12-4-3-9-20(11-12)16(22)13-7-8-18-10-14(13)17/h7-8,10,12H,3-6,9,11H2,1-2H3. The van der Waals surface area contributed by atoms with Crippen LogP contribution in [0.1, 0.15) is 36.0 Å². The average Bonchev–Trinajstić information content (AvgIpc) is 2.52. The zero-order valence-corrected chi connectivity index (χ0v) is 13.1. The predicted molar refractivity (Wildman–Crippen MR) is 80.8 cm³/mol. The second kappa shape index (κ2) is 7.33. The van der Waals surface area contributed by atoms with Crippen molar-refractivity contribution in [2.75, 3.05) is 27.2 Å². The first-order valence-corrected chi connectivity index (χ1v) is 7.58. The molecule has 1 fully saturated rings. The van der Waals surface area contributed by atoms with Gasteiger partial charge in [0.05, 0.1) is 11.8 Å². The fraction of sp³-hybridized carbons (Fsp3) is 0.562. The van der Waals surface area contributed by atoms with Gasteiger partial charge in [0.15, 0.2) is 5.82 Å². The van der Waals surface area contributed by atoms with Crippen molar-refractivity contribution in [1.29, 1.82) is 0 Å². The van der Waals surface area contributed by atoms with Crippen LogP contribution in [0, 0.1) is 11.7 Å². The summed E-state index contributed by atoms with van der Waals surface area (Å²) in [6.45, 7) is 1.22. The number of nitrogens with zero attached hydrogens (tertiary/aromatic N) is 3. The number of amides is 2. The van der Waals surface area contributed by atoms with Crippen LogP contribution in [0.5, 0.6) is 0 Å². The van der Waals surface area contributed by atoms with E-state index < -0.39 is 5.82 Å². The fourth-order valence-corrected chi connectivity index (χ4v) is 2.76. The second-order valence-electron chi connectivity index (χ2n) is 5.94. The summed E-state index contributed by atoms with van der Waals surface area (Å²) in [6.07, 6.45) is 5.63. The van der Waals surface area contributed by atoms with Crippen molar-refractivity contribution >= 4 is 11.8 Å². The molecule has 0 radical (unpaired) electrons. The zero-order valence-electron chi connectivity index (χ0n) is 13.1. The predicted octanol–water partition coefficient (Wildman–Crippen LogP) is 1.94. The monoisotopic (exact) mass is 307 g/mol. The Morgan fingerprint density at radius 2 is 2.23 bits per heavy atom. The minimum atomic E-state index is -0.586. The molecule has 0 bridgehead atoms. The molecule has 6 heteroatoms. The molecule has 0 saturated carbocycles. The van der Waals surface area contributed by atoms with Gasteiger partial charge < -0.3 is 9.80 Å². The quantitative estimate of drug-likeness (QED) is 0.854. The largest absolute Gasteiger partial charge is 0.349 e. The molecule has 1 saturated heterocycles. The summed E-state index contributed by atoms with van der Waals surface area (Å²) in [7, 11) is 3.48. The second-order valence-corrected chi connectivity index (χ2v) is 5.94. The Balaban J connectivity index is 1.94. The van der Waals surface area contributed by atoms with Gasteiger partial charge in [-0.05, 0) is 31.2 Å². The van der Waals surface area contributed by atoms with Gasteiger partial charge in [-0.3, -0.25) is 14.6 Å². The summed E-state index contributed by atoms with van der Waals surface area (Å²) in [5.41, 5.74) is 0.0695. The van der Waals surface area contributed by atoms with Gasteiger partial charge in [0, 0.05) is 39.8 Å². The van der Waals surface area contributed by atoms with E-state index in [4.69, 9.17) is 0 Å². The molecule has 0 spiro atoms. The van der Waals surface area contributed by atoms with E-state index in [9.17, 15) is 14.0 Å². The normalized spacial score (nSPS) is 18.1. The van der Waals surface area contributed by atoms with Crippen molar-refractivity contribution in [2.24, 2.45) is 5.92 Å². The smallest absolute Gasteiger partial charge is 0.256 e. The molecule has 1 aliphatic heterocycles. The van der Waals surface area contributed by atoms with Crippen molar-refractivity contribution in [2.45, 2.75) is 25.7 Å². The number of piperidine rings is 1. The first-order chi connectivity index (χ1) is 10.5. The number of hydrogen-bond acceptors (Lipinski definition) is 3. The van der Waals surface area contributed by atoms with Gasteiger partial charge in [-0.25, -0.2) is 4.39 Å². The molecule has 22 heavy (non-hydrogen) atoms. The Morgan fingerprint density at radius 1 is 1.45 bits per heavy atom. The zero-order chi connectivity index (χ0) is 16.1. The van der Waals surface area contributed by atoms with E-state index in [1.807, 2.05) is 0 Å². The summed E-state index contributed by atoms with van der Waals surface area (Å²) >= 11 is 0. The topological polar surface area (TPSA) is 53.5 Å². The molecule has 1 unspecified atom stereocenters. The van der Waals surface area contributed by atoms with Crippen LogP contribution in [0.2, 0.25) is 0 Å². The van der Waals surface area contributed by atoms with E-state index in [-0.39, 0.29) is 17.4 Å². The molecule has 0 N–H and O–H groups in total. The molecule has 120 valence electrons. The molecule has 1 aromatic heterocycles. The van der Waals surface area contributed by atoms with Crippen LogP contribution in [0.25, 0.3) is 0 Å². The average molecular weight is 307 g/mol. The molecule has 0 aliphatic carbocycles. The van der Waals surface area contributed by atoms with Crippen LogP contribution in [0.3, 0.4) is 0 Å². The van der Waals surface area contributed by atoms with E-state index in [0.29, 0.717) is 25.4 Å². The number of carbonyl (C=O) groups excluding carboxylic acids is 2. The van der Waals surface area contributed by atoms with Crippen LogP contribution in [0.4, 0.5) is 4.39 Å². The van der Waals surface area contributed by atoms with Gasteiger partial charge in [0.2, 0.25) is 5.91 Å². The van der Waals surface area contributed by atoms with Gasteiger partial charge >= 0.3 is 0 Å². The molecule has 1 aliphatic rings. The molecule has 2 heterocycles. The van der Waals surface area contributed by atoms with Crippen molar-refractivity contribution in [3.8, 4) is 0 Å². The van der Waals surface area contributed by atoms with Crippen LogP contribution < -0.4 is 0 Å².